The third-order valence-electron chi connectivity index (χ3n) is 7.07. The van der Waals surface area contributed by atoms with E-state index in [1.54, 1.807) is 62.5 Å². The lowest BCUT2D eigenvalue weighted by Gasteiger charge is -2.33. The van der Waals surface area contributed by atoms with Gasteiger partial charge in [-0.15, -0.1) is 0 Å². The Labute approximate surface area is 226 Å². The van der Waals surface area contributed by atoms with Crippen molar-refractivity contribution in [1.82, 2.24) is 13.9 Å². The van der Waals surface area contributed by atoms with Crippen LogP contribution < -0.4 is 10.9 Å². The lowest BCUT2D eigenvalue weighted by Crippen LogP contribution is -2.41. The Bertz CT molecular complexity index is 1920. The van der Waals surface area contributed by atoms with E-state index in [0.717, 1.165) is 15.1 Å². The van der Waals surface area contributed by atoms with Gasteiger partial charge in [0, 0.05) is 41.5 Å². The van der Waals surface area contributed by atoms with Crippen molar-refractivity contribution in [2.45, 2.75) is 30.8 Å². The molecule has 0 saturated carbocycles. The minimum Gasteiger partial charge on any atom is -0.340 e. The lowest BCUT2D eigenvalue weighted by atomic mass is 9.86. The Morgan fingerprint density at radius 2 is 1.90 bits per heavy atom. The van der Waals surface area contributed by atoms with Gasteiger partial charge in [-0.25, -0.2) is 25.8 Å². The molecule has 0 saturated heterocycles. The summed E-state index contributed by atoms with van der Waals surface area (Å²) in [5.74, 6) is 0.491. The highest BCUT2D eigenvalue weighted by Crippen LogP contribution is 2.41. The van der Waals surface area contributed by atoms with E-state index in [9.17, 15) is 21.6 Å². The number of allylic oxidation sites excluding steroid dienone is 3. The first-order valence-corrected chi connectivity index (χ1v) is 15.7. The number of benzene rings is 1. The van der Waals surface area contributed by atoms with Crippen molar-refractivity contribution < 1.29 is 16.8 Å². The fourth-order valence-corrected chi connectivity index (χ4v) is 7.43. The number of nitrogens with zero attached hydrogens (tertiary/aromatic N) is 2. The summed E-state index contributed by atoms with van der Waals surface area (Å²) in [6, 6.07) is 14.1. The van der Waals surface area contributed by atoms with Crippen molar-refractivity contribution >= 4 is 47.8 Å². The summed E-state index contributed by atoms with van der Waals surface area (Å²) in [6.45, 7) is 3.41. The summed E-state index contributed by atoms with van der Waals surface area (Å²) in [6.07, 6.45) is 9.54. The fraction of sp³-hybridized carbons (Fsp3) is 0.214. The minimum atomic E-state index is -4.03. The van der Waals surface area contributed by atoms with Crippen LogP contribution in [0.15, 0.2) is 89.6 Å². The summed E-state index contributed by atoms with van der Waals surface area (Å²) >= 11 is 0. The molecule has 9 nitrogen and oxygen atoms in total. The first kappa shape index (κ1) is 26.6. The van der Waals surface area contributed by atoms with Crippen molar-refractivity contribution in [3.8, 4) is 0 Å². The van der Waals surface area contributed by atoms with Gasteiger partial charge in [0.25, 0.3) is 5.56 Å². The standard InChI is InChI=1S/C28H28N4O5S2/c1-19-16-22(9-12-28(19,2)39(36,37)32-15-11-21-10-14-30-27(33)26(21)32)23-17-20(18-38(3,34)35)7-8-24(23)31-25-6-4-5-13-29-25/h4-11,13-17H,12,18H2,1-3H3,(H,29,31)(H,30,33). The van der Waals surface area contributed by atoms with E-state index in [1.807, 2.05) is 18.2 Å². The van der Waals surface area contributed by atoms with E-state index in [0.29, 0.717) is 28.0 Å². The number of pyridine rings is 2. The van der Waals surface area contributed by atoms with Crippen LogP contribution >= 0.6 is 0 Å². The molecule has 0 amide bonds. The Morgan fingerprint density at radius 1 is 1.10 bits per heavy atom. The van der Waals surface area contributed by atoms with Crippen LogP contribution in [-0.2, 0) is 25.6 Å². The maximum atomic E-state index is 14.0. The van der Waals surface area contributed by atoms with E-state index in [2.05, 4.69) is 15.3 Å². The number of fused-ring (bicyclic) bond motifs is 1. The second-order valence-electron chi connectivity index (χ2n) is 9.94. The largest absolute Gasteiger partial charge is 0.340 e. The number of aromatic nitrogens is 3. The van der Waals surface area contributed by atoms with Crippen LogP contribution in [0.5, 0.6) is 0 Å². The SMILES string of the molecule is CC1=CC(c2cc(CS(C)(=O)=O)ccc2Nc2ccccn2)=CCC1(C)S(=O)(=O)n1ccc2cc[nH]c(=O)c21. The van der Waals surface area contributed by atoms with Crippen molar-refractivity contribution in [3.63, 3.8) is 0 Å². The van der Waals surface area contributed by atoms with Crippen molar-refractivity contribution in [2.24, 2.45) is 0 Å². The second-order valence-corrected chi connectivity index (χ2v) is 14.3. The molecule has 3 heterocycles. The first-order chi connectivity index (χ1) is 18.4. The fourth-order valence-electron chi connectivity index (χ4n) is 4.80. The van der Waals surface area contributed by atoms with Crippen molar-refractivity contribution in [2.75, 3.05) is 11.6 Å². The summed E-state index contributed by atoms with van der Waals surface area (Å²) in [4.78, 5) is 19.4. The highest BCUT2D eigenvalue weighted by atomic mass is 32.2. The summed E-state index contributed by atoms with van der Waals surface area (Å²) in [5.41, 5.74) is 2.99. The number of rotatable bonds is 7. The van der Waals surface area contributed by atoms with Crippen molar-refractivity contribution in [3.05, 3.63) is 106 Å². The van der Waals surface area contributed by atoms with Crippen molar-refractivity contribution in [1.29, 1.82) is 0 Å². The highest BCUT2D eigenvalue weighted by molar-refractivity contribution is 7.91. The number of aromatic amines is 1. The van der Waals surface area contributed by atoms with Crippen LogP contribution in [0.25, 0.3) is 16.5 Å². The Balaban J connectivity index is 1.57. The van der Waals surface area contributed by atoms with Crippen LogP contribution in [-0.4, -0.2) is 41.8 Å². The van der Waals surface area contributed by atoms with Gasteiger partial charge in [-0.05, 0) is 73.4 Å². The van der Waals surface area contributed by atoms with E-state index in [4.69, 9.17) is 0 Å². The minimum absolute atomic E-state index is 0.0802. The van der Waals surface area contributed by atoms with E-state index in [-0.39, 0.29) is 17.7 Å². The van der Waals surface area contributed by atoms with E-state index in [1.165, 1.54) is 18.6 Å². The number of anilines is 2. The third kappa shape index (κ3) is 4.95. The molecule has 1 aliphatic rings. The molecular formula is C28H28N4O5S2. The van der Waals surface area contributed by atoms with Crippen LogP contribution in [0, 0.1) is 0 Å². The van der Waals surface area contributed by atoms with Crippen LogP contribution in [0.4, 0.5) is 11.5 Å². The molecule has 11 heteroatoms. The monoisotopic (exact) mass is 564 g/mol. The molecule has 0 spiro atoms. The van der Waals surface area contributed by atoms with Gasteiger partial charge in [0.05, 0.1) is 5.75 Å². The molecule has 4 aromatic rings. The molecular weight excluding hydrogens is 536 g/mol. The number of hydrogen-bond donors (Lipinski definition) is 2. The van der Waals surface area contributed by atoms with Gasteiger partial charge >= 0.3 is 0 Å². The molecule has 1 aliphatic carbocycles. The highest BCUT2D eigenvalue weighted by Gasteiger charge is 2.43. The molecule has 3 aromatic heterocycles. The molecule has 0 aliphatic heterocycles. The molecule has 202 valence electrons. The third-order valence-corrected chi connectivity index (χ3v) is 10.4. The maximum Gasteiger partial charge on any atom is 0.273 e. The molecule has 1 aromatic carbocycles. The summed E-state index contributed by atoms with van der Waals surface area (Å²) in [7, 11) is -7.30. The smallest absolute Gasteiger partial charge is 0.273 e. The zero-order valence-corrected chi connectivity index (χ0v) is 23.3. The second kappa shape index (κ2) is 9.65. The zero-order valence-electron chi connectivity index (χ0n) is 21.7. The summed E-state index contributed by atoms with van der Waals surface area (Å²) in [5, 5.41) is 3.82. The zero-order chi connectivity index (χ0) is 28.0. The molecule has 0 bridgehead atoms. The van der Waals surface area contributed by atoms with Crippen LogP contribution in [0.2, 0.25) is 0 Å². The first-order valence-electron chi connectivity index (χ1n) is 12.2. The molecule has 0 radical (unpaired) electrons. The predicted octanol–water partition coefficient (Wildman–Crippen LogP) is 4.38. The Kier molecular flexibility index (Phi) is 6.59. The number of nitrogens with one attached hydrogen (secondary N) is 2. The molecule has 2 N–H and O–H groups in total. The van der Waals surface area contributed by atoms with Crippen LogP contribution in [0.1, 0.15) is 31.4 Å². The number of sulfone groups is 1. The predicted molar refractivity (Wildman–Crippen MR) is 154 cm³/mol. The molecule has 1 unspecified atom stereocenters. The van der Waals surface area contributed by atoms with Gasteiger partial charge in [0.15, 0.2) is 9.84 Å². The maximum absolute atomic E-state index is 14.0. The molecule has 39 heavy (non-hydrogen) atoms. The van der Waals surface area contributed by atoms with Gasteiger partial charge in [-0.2, -0.15) is 0 Å². The van der Waals surface area contributed by atoms with Gasteiger partial charge in [-0.3, -0.25) is 4.79 Å². The average Bonchev–Trinajstić information content (AvgIpc) is 3.33. The Hall–Kier alpha value is -3.96. The quantitative estimate of drug-likeness (QED) is 0.341. The average molecular weight is 565 g/mol. The van der Waals surface area contributed by atoms with Crippen LogP contribution in [0.3, 0.4) is 0 Å². The van der Waals surface area contributed by atoms with Gasteiger partial charge in [0.1, 0.15) is 16.1 Å². The Morgan fingerprint density at radius 3 is 2.59 bits per heavy atom. The molecule has 1 atom stereocenters. The molecule has 5 rings (SSSR count). The van der Waals surface area contributed by atoms with Gasteiger partial charge in [-0.1, -0.05) is 24.3 Å². The number of hydrogen-bond acceptors (Lipinski definition) is 7. The van der Waals surface area contributed by atoms with E-state index < -0.39 is 30.2 Å². The van der Waals surface area contributed by atoms with Gasteiger partial charge in [0.2, 0.25) is 10.0 Å². The van der Waals surface area contributed by atoms with E-state index >= 15 is 0 Å². The van der Waals surface area contributed by atoms with Gasteiger partial charge < -0.3 is 10.3 Å². The lowest BCUT2D eigenvalue weighted by molar-refractivity contribution is 0.547. The summed E-state index contributed by atoms with van der Waals surface area (Å²) < 4.78 is 51.7. The topological polar surface area (TPSA) is 131 Å². The normalized spacial score (nSPS) is 18.0. The number of H-pyrrole nitrogens is 1. The molecule has 0 fully saturated rings.